The maximum absolute atomic E-state index is 13.2. The molecule has 0 aromatic carbocycles. The van der Waals surface area contributed by atoms with E-state index in [1.165, 1.54) is 28.4 Å². The highest BCUT2D eigenvalue weighted by Gasteiger charge is 2.93. The van der Waals surface area contributed by atoms with E-state index < -0.39 is 77.9 Å². The summed E-state index contributed by atoms with van der Waals surface area (Å²) in [6.45, 7) is 0. The number of hydrogen-bond donors (Lipinski definition) is 0. The SMILES string of the molecule is COC1(OC)[C@@]2(Cl)C(=O)C(=O)[C@]1(Cl)[C@@H]1C[C@H]3[C@@H](CC[C@@H]12)[C@@]1(Cl)C(=O)C(=O)[C@]3(Cl)C1(OC)OC. The molecule has 0 spiro atoms. The Labute approximate surface area is 209 Å². The molecule has 0 aromatic rings. The number of Topliss-reactive ketones (excluding diaryl/α,β-unsaturated/α-hetero) is 4. The largest absolute Gasteiger partial charge is 0.349 e. The molecule has 12 heteroatoms. The van der Waals surface area contributed by atoms with Crippen LogP contribution in [0.4, 0.5) is 0 Å². The van der Waals surface area contributed by atoms with Gasteiger partial charge < -0.3 is 18.9 Å². The Hall–Kier alpha value is -0.320. The molecule has 0 radical (unpaired) electrons. The van der Waals surface area contributed by atoms with Gasteiger partial charge in [0.2, 0.25) is 34.7 Å². The molecule has 5 aliphatic carbocycles. The molecule has 4 bridgehead atoms. The summed E-state index contributed by atoms with van der Waals surface area (Å²) in [5.74, 6) is -10.3. The molecular formula is C21H22Cl4O8. The van der Waals surface area contributed by atoms with Crippen molar-refractivity contribution < 1.29 is 38.1 Å². The Balaban J connectivity index is 1.71. The van der Waals surface area contributed by atoms with Crippen molar-refractivity contribution >= 4 is 69.5 Å². The molecule has 0 heterocycles. The fraction of sp³-hybridized carbons (Fsp3) is 0.810. The van der Waals surface area contributed by atoms with E-state index in [4.69, 9.17) is 65.4 Å². The van der Waals surface area contributed by atoms with E-state index in [-0.39, 0.29) is 19.3 Å². The van der Waals surface area contributed by atoms with Crippen molar-refractivity contribution in [1.29, 1.82) is 0 Å². The number of hydrogen-bond acceptors (Lipinski definition) is 8. The quantitative estimate of drug-likeness (QED) is 0.300. The van der Waals surface area contributed by atoms with Crippen molar-refractivity contribution in [3.05, 3.63) is 0 Å². The summed E-state index contributed by atoms with van der Waals surface area (Å²) in [5, 5.41) is 0. The van der Waals surface area contributed by atoms with Crippen molar-refractivity contribution in [2.24, 2.45) is 23.7 Å². The Morgan fingerprint density at radius 2 is 0.788 bits per heavy atom. The minimum atomic E-state index is -1.96. The average molecular weight is 544 g/mol. The van der Waals surface area contributed by atoms with Crippen LogP contribution in [0.25, 0.3) is 0 Å². The van der Waals surface area contributed by atoms with E-state index in [0.717, 1.165) is 0 Å². The highest BCUT2D eigenvalue weighted by Crippen LogP contribution is 2.76. The van der Waals surface area contributed by atoms with Gasteiger partial charge in [0.25, 0.3) is 0 Å². The van der Waals surface area contributed by atoms with Crippen LogP contribution >= 0.6 is 46.4 Å². The van der Waals surface area contributed by atoms with Crippen LogP contribution in [0.3, 0.4) is 0 Å². The van der Waals surface area contributed by atoms with E-state index >= 15 is 0 Å². The zero-order valence-corrected chi connectivity index (χ0v) is 21.2. The first-order chi connectivity index (χ1) is 15.3. The van der Waals surface area contributed by atoms with Gasteiger partial charge in [0.15, 0.2) is 19.5 Å². The van der Waals surface area contributed by atoms with E-state index in [1.807, 2.05) is 0 Å². The van der Waals surface area contributed by atoms with E-state index in [0.29, 0.717) is 0 Å². The second kappa shape index (κ2) is 6.71. The molecule has 0 saturated heterocycles. The summed E-state index contributed by atoms with van der Waals surface area (Å²) in [6, 6.07) is 0. The molecule has 0 aromatic heterocycles. The van der Waals surface area contributed by atoms with Crippen LogP contribution in [-0.4, -0.2) is 82.6 Å². The number of ether oxygens (including phenoxy) is 4. The molecule has 5 saturated carbocycles. The molecule has 33 heavy (non-hydrogen) atoms. The van der Waals surface area contributed by atoms with Crippen molar-refractivity contribution in [2.45, 2.75) is 50.3 Å². The van der Waals surface area contributed by atoms with Crippen LogP contribution in [0.15, 0.2) is 0 Å². The molecule has 0 aliphatic heterocycles. The topological polar surface area (TPSA) is 105 Å². The number of halogens is 4. The molecule has 5 fully saturated rings. The first-order valence-corrected chi connectivity index (χ1v) is 12.0. The smallest absolute Gasteiger partial charge is 0.227 e. The molecule has 5 rings (SSSR count). The molecule has 8 nitrogen and oxygen atoms in total. The zero-order valence-electron chi connectivity index (χ0n) is 18.2. The van der Waals surface area contributed by atoms with E-state index in [2.05, 4.69) is 0 Å². The van der Waals surface area contributed by atoms with Crippen molar-refractivity contribution in [3.8, 4) is 0 Å². The maximum atomic E-state index is 13.2. The van der Waals surface area contributed by atoms with Gasteiger partial charge in [0.1, 0.15) is 0 Å². The number of rotatable bonds is 4. The third kappa shape index (κ3) is 1.92. The number of fused-ring (bicyclic) bond motifs is 10. The summed E-state index contributed by atoms with van der Waals surface area (Å²) >= 11 is 27.8. The van der Waals surface area contributed by atoms with Crippen molar-refractivity contribution in [1.82, 2.24) is 0 Å². The molecule has 182 valence electrons. The standard InChI is InChI=1S/C21H22Cl4O8/c1-30-20(31-2)16(22)8-5-6-9-11(7-10(8)18(20,24)14(28)12(16)26)19(25)15(29)13(27)17(9,23)21(19,32-3)33-4/h8-11H,5-7H2,1-4H3/t8-,9+,10+,11-,16-,17+,18+,19-. The maximum Gasteiger partial charge on any atom is 0.227 e. The first-order valence-electron chi connectivity index (χ1n) is 10.5. The fourth-order valence-electron chi connectivity index (χ4n) is 7.99. The number of carbonyl (C=O) groups is 4. The van der Waals surface area contributed by atoms with E-state index in [9.17, 15) is 19.2 Å². The summed E-state index contributed by atoms with van der Waals surface area (Å²) in [4.78, 5) is 44.9. The van der Waals surface area contributed by atoms with Crippen LogP contribution in [-0.2, 0) is 38.1 Å². The second-order valence-corrected chi connectivity index (χ2v) is 11.8. The van der Waals surface area contributed by atoms with E-state index in [1.54, 1.807) is 0 Å². The molecule has 0 amide bonds. The summed E-state index contributed by atoms with van der Waals surface area (Å²) < 4.78 is 22.4. The lowest BCUT2D eigenvalue weighted by molar-refractivity contribution is -0.223. The van der Waals surface area contributed by atoms with Crippen molar-refractivity contribution in [2.75, 3.05) is 28.4 Å². The van der Waals surface area contributed by atoms with Gasteiger partial charge in [-0.2, -0.15) is 0 Å². The fourth-order valence-corrected chi connectivity index (χ4v) is 10.6. The normalized spacial score (nSPS) is 51.2. The summed E-state index contributed by atoms with van der Waals surface area (Å²) in [5.41, 5.74) is 0. The van der Waals surface area contributed by atoms with Crippen molar-refractivity contribution in [3.63, 3.8) is 0 Å². The minimum absolute atomic E-state index is 0.0479. The number of alkyl halides is 4. The highest BCUT2D eigenvalue weighted by molar-refractivity contribution is 6.67. The lowest BCUT2D eigenvalue weighted by Crippen LogP contribution is -2.58. The van der Waals surface area contributed by atoms with Gasteiger partial charge in [0, 0.05) is 28.4 Å². The second-order valence-electron chi connectivity index (χ2n) is 9.45. The third-order valence-corrected chi connectivity index (χ3v) is 11.9. The van der Waals surface area contributed by atoms with Gasteiger partial charge in [-0.3, -0.25) is 19.2 Å². The molecule has 0 unspecified atom stereocenters. The van der Waals surface area contributed by atoms with Gasteiger partial charge in [-0.15, -0.1) is 46.4 Å². The number of methoxy groups -OCH3 is 4. The molecular weight excluding hydrogens is 522 g/mol. The monoisotopic (exact) mass is 542 g/mol. The Bertz CT molecular complexity index is 932. The third-order valence-electron chi connectivity index (χ3n) is 9.11. The number of carbonyl (C=O) groups excluding carboxylic acids is 4. The van der Waals surface area contributed by atoms with Crippen LogP contribution in [0, 0.1) is 23.7 Å². The average Bonchev–Trinajstić information content (AvgIpc) is 3.08. The lowest BCUT2D eigenvalue weighted by Gasteiger charge is -2.41. The zero-order chi connectivity index (χ0) is 24.6. The predicted octanol–water partition coefficient (Wildman–Crippen LogP) is 1.85. The van der Waals surface area contributed by atoms with Crippen LogP contribution < -0.4 is 0 Å². The first kappa shape index (κ1) is 24.4. The molecule has 8 atom stereocenters. The lowest BCUT2D eigenvalue weighted by atomic mass is 9.70. The van der Waals surface area contributed by atoms with Crippen LogP contribution in [0.2, 0.25) is 0 Å². The van der Waals surface area contributed by atoms with Gasteiger partial charge in [-0.25, -0.2) is 0 Å². The molecule has 0 N–H and O–H groups in total. The van der Waals surface area contributed by atoms with Crippen LogP contribution in [0.1, 0.15) is 19.3 Å². The predicted molar refractivity (Wildman–Crippen MR) is 116 cm³/mol. The van der Waals surface area contributed by atoms with Crippen LogP contribution in [0.5, 0.6) is 0 Å². The molecule has 5 aliphatic rings. The number of ketones is 4. The summed E-state index contributed by atoms with van der Waals surface area (Å²) in [6.07, 6.45) is 0.555. The Morgan fingerprint density at radius 1 is 0.545 bits per heavy atom. The Morgan fingerprint density at radius 3 is 1.03 bits per heavy atom. The highest BCUT2D eigenvalue weighted by atomic mass is 35.5. The van der Waals surface area contributed by atoms with Gasteiger partial charge in [-0.1, -0.05) is 0 Å². The van der Waals surface area contributed by atoms with Gasteiger partial charge >= 0.3 is 0 Å². The van der Waals surface area contributed by atoms with Gasteiger partial charge in [0.05, 0.1) is 0 Å². The van der Waals surface area contributed by atoms with Gasteiger partial charge in [-0.05, 0) is 42.9 Å². The minimum Gasteiger partial charge on any atom is -0.349 e. The summed E-state index contributed by atoms with van der Waals surface area (Å²) in [7, 11) is 5.09. The Kier molecular flexibility index (Phi) is 4.95.